The molecule has 0 aliphatic carbocycles. The lowest BCUT2D eigenvalue weighted by atomic mass is 9.86. The van der Waals surface area contributed by atoms with E-state index in [9.17, 15) is 4.79 Å². The smallest absolute Gasteiger partial charge is 0.127 e. The number of ether oxygens (including phenoxy) is 4. The maximum atomic E-state index is 12.1. The third kappa shape index (κ3) is 7.39. The van der Waals surface area contributed by atoms with Gasteiger partial charge in [-0.25, -0.2) is 0 Å². The molecule has 0 aliphatic rings. The Bertz CT molecular complexity index is 874. The molecular weight excluding hydrogens is 418 g/mol. The Morgan fingerprint density at radius 2 is 1.45 bits per heavy atom. The molecule has 2 aromatic rings. The number of benzene rings is 2. The van der Waals surface area contributed by atoms with Gasteiger partial charge in [0.2, 0.25) is 0 Å². The van der Waals surface area contributed by atoms with Crippen LogP contribution in [0.3, 0.4) is 0 Å². The van der Waals surface area contributed by atoms with Gasteiger partial charge in [0.15, 0.2) is 0 Å². The summed E-state index contributed by atoms with van der Waals surface area (Å²) in [5.41, 5.74) is 3.26. The minimum absolute atomic E-state index is 0.192. The lowest BCUT2D eigenvalue weighted by molar-refractivity contribution is -0.109. The summed E-state index contributed by atoms with van der Waals surface area (Å²) >= 11 is 0. The monoisotopic (exact) mass is 457 g/mol. The molecule has 0 aromatic heterocycles. The first-order valence-electron chi connectivity index (χ1n) is 11.5. The standard InChI is InChI=1S/C27H39NO5/c1-19(2)27-25(16-24(32-6)17-26(27)33-7)21(18-29)9-8-11-28(3)12-10-20-13-22(30-4)15-23(14-20)31-5/h13-19,21H,8-12H2,1-7H3/t21-/m0/s1. The Labute approximate surface area is 198 Å². The van der Waals surface area contributed by atoms with Crippen molar-refractivity contribution in [3.05, 3.63) is 47.0 Å². The molecule has 0 fully saturated rings. The van der Waals surface area contributed by atoms with E-state index in [1.807, 2.05) is 30.3 Å². The number of hydrogen-bond donors (Lipinski definition) is 0. The molecule has 0 heterocycles. The molecule has 0 unspecified atom stereocenters. The van der Waals surface area contributed by atoms with Crippen molar-refractivity contribution < 1.29 is 23.7 Å². The van der Waals surface area contributed by atoms with E-state index < -0.39 is 0 Å². The van der Waals surface area contributed by atoms with Crippen LogP contribution in [0.4, 0.5) is 0 Å². The fourth-order valence-electron chi connectivity index (χ4n) is 4.15. The summed E-state index contributed by atoms with van der Waals surface area (Å²) < 4.78 is 21.8. The van der Waals surface area contributed by atoms with Gasteiger partial charge < -0.3 is 28.6 Å². The highest BCUT2D eigenvalue weighted by Gasteiger charge is 2.22. The number of rotatable bonds is 14. The van der Waals surface area contributed by atoms with Crippen molar-refractivity contribution in [3.8, 4) is 23.0 Å². The number of methoxy groups -OCH3 is 4. The molecule has 182 valence electrons. The van der Waals surface area contributed by atoms with Gasteiger partial charge in [-0.15, -0.1) is 0 Å². The molecule has 0 saturated carbocycles. The second kappa shape index (κ2) is 13.1. The predicted octanol–water partition coefficient (Wildman–Crippen LogP) is 5.08. The van der Waals surface area contributed by atoms with Gasteiger partial charge in [-0.3, -0.25) is 0 Å². The van der Waals surface area contributed by atoms with Gasteiger partial charge in [0, 0.05) is 30.2 Å². The lowest BCUT2D eigenvalue weighted by Gasteiger charge is -2.23. The first kappa shape index (κ1) is 26.5. The van der Waals surface area contributed by atoms with Crippen LogP contribution < -0.4 is 18.9 Å². The van der Waals surface area contributed by atoms with Gasteiger partial charge in [-0.05, 0) is 68.1 Å². The van der Waals surface area contributed by atoms with E-state index in [0.717, 1.165) is 67.0 Å². The zero-order valence-corrected chi connectivity index (χ0v) is 21.1. The third-order valence-corrected chi connectivity index (χ3v) is 5.99. The van der Waals surface area contributed by atoms with Gasteiger partial charge in [0.25, 0.3) is 0 Å². The van der Waals surface area contributed by atoms with Crippen LogP contribution in [0.2, 0.25) is 0 Å². The molecule has 0 aliphatic heterocycles. The number of carbonyl (C=O) groups is 1. The van der Waals surface area contributed by atoms with Crippen LogP contribution in [0.15, 0.2) is 30.3 Å². The highest BCUT2D eigenvalue weighted by molar-refractivity contribution is 5.66. The number of likely N-dealkylation sites (N-methyl/N-ethyl adjacent to an activating group) is 1. The lowest BCUT2D eigenvalue weighted by Crippen LogP contribution is -2.23. The maximum absolute atomic E-state index is 12.1. The van der Waals surface area contributed by atoms with E-state index in [2.05, 4.69) is 25.8 Å². The van der Waals surface area contributed by atoms with Gasteiger partial charge in [-0.2, -0.15) is 0 Å². The van der Waals surface area contributed by atoms with E-state index in [0.29, 0.717) is 5.75 Å². The molecular formula is C27H39NO5. The number of hydrogen-bond acceptors (Lipinski definition) is 6. The molecule has 1 atom stereocenters. The Morgan fingerprint density at radius 3 is 1.97 bits per heavy atom. The highest BCUT2D eigenvalue weighted by atomic mass is 16.5. The summed E-state index contributed by atoms with van der Waals surface area (Å²) in [6, 6.07) is 9.84. The maximum Gasteiger partial charge on any atom is 0.127 e. The molecule has 0 saturated heterocycles. The molecule has 0 radical (unpaired) electrons. The van der Waals surface area contributed by atoms with E-state index in [4.69, 9.17) is 18.9 Å². The Kier molecular flexibility index (Phi) is 10.5. The SMILES string of the molecule is COc1cc(CCN(C)CCC[C@@H](C=O)c2cc(OC)cc(OC)c2C(C)C)cc(OC)c1. The van der Waals surface area contributed by atoms with Crippen molar-refractivity contribution in [1.29, 1.82) is 0 Å². The summed E-state index contributed by atoms with van der Waals surface area (Å²) in [5, 5.41) is 0. The van der Waals surface area contributed by atoms with Crippen molar-refractivity contribution in [2.45, 2.75) is 44.9 Å². The molecule has 2 aromatic carbocycles. The fraction of sp³-hybridized carbons (Fsp3) is 0.519. The summed E-state index contributed by atoms with van der Waals surface area (Å²) in [7, 11) is 8.73. The van der Waals surface area contributed by atoms with Crippen molar-refractivity contribution in [1.82, 2.24) is 4.90 Å². The molecule has 0 amide bonds. The third-order valence-electron chi connectivity index (χ3n) is 5.99. The highest BCUT2D eigenvalue weighted by Crippen LogP contribution is 2.38. The van der Waals surface area contributed by atoms with Crippen LogP contribution in [-0.4, -0.2) is 59.8 Å². The van der Waals surface area contributed by atoms with Gasteiger partial charge >= 0.3 is 0 Å². The van der Waals surface area contributed by atoms with E-state index in [-0.39, 0.29) is 11.8 Å². The number of carbonyl (C=O) groups excluding carboxylic acids is 1. The van der Waals surface area contributed by atoms with Crippen LogP contribution in [0.1, 0.15) is 55.2 Å². The van der Waals surface area contributed by atoms with Crippen molar-refractivity contribution in [2.24, 2.45) is 0 Å². The minimum atomic E-state index is -0.192. The normalized spacial score (nSPS) is 12.0. The average Bonchev–Trinajstić information content (AvgIpc) is 2.83. The molecule has 6 nitrogen and oxygen atoms in total. The summed E-state index contributed by atoms with van der Waals surface area (Å²) in [5.74, 6) is 3.14. The van der Waals surface area contributed by atoms with Crippen molar-refractivity contribution >= 4 is 6.29 Å². The first-order chi connectivity index (χ1) is 15.9. The zero-order valence-electron chi connectivity index (χ0n) is 21.1. The van der Waals surface area contributed by atoms with Gasteiger partial charge in [0.1, 0.15) is 29.3 Å². The van der Waals surface area contributed by atoms with Crippen LogP contribution >= 0.6 is 0 Å². The number of nitrogens with zero attached hydrogens (tertiary/aromatic N) is 1. The molecule has 0 spiro atoms. The minimum Gasteiger partial charge on any atom is -0.497 e. The fourth-order valence-corrected chi connectivity index (χ4v) is 4.15. The van der Waals surface area contributed by atoms with Crippen LogP contribution in [0, 0.1) is 0 Å². The Morgan fingerprint density at radius 1 is 0.848 bits per heavy atom. The largest absolute Gasteiger partial charge is 0.497 e. The van der Waals surface area contributed by atoms with E-state index in [1.54, 1.807) is 28.4 Å². The van der Waals surface area contributed by atoms with Crippen molar-refractivity contribution in [2.75, 3.05) is 48.6 Å². The second-order valence-electron chi connectivity index (χ2n) is 8.65. The van der Waals surface area contributed by atoms with E-state index >= 15 is 0 Å². The average molecular weight is 458 g/mol. The summed E-state index contributed by atoms with van der Waals surface area (Å²) in [6.45, 7) is 6.06. The summed E-state index contributed by atoms with van der Waals surface area (Å²) in [6.07, 6.45) is 3.64. The van der Waals surface area contributed by atoms with Crippen molar-refractivity contribution in [3.63, 3.8) is 0 Å². The molecule has 2 rings (SSSR count). The van der Waals surface area contributed by atoms with Crippen LogP contribution in [0.25, 0.3) is 0 Å². The summed E-state index contributed by atoms with van der Waals surface area (Å²) in [4.78, 5) is 14.4. The van der Waals surface area contributed by atoms with E-state index in [1.165, 1.54) is 5.56 Å². The Balaban J connectivity index is 2.01. The van der Waals surface area contributed by atoms with Crippen LogP contribution in [-0.2, 0) is 11.2 Å². The molecule has 0 N–H and O–H groups in total. The quantitative estimate of drug-likeness (QED) is 0.369. The van der Waals surface area contributed by atoms with Crippen LogP contribution in [0.5, 0.6) is 23.0 Å². The first-order valence-corrected chi connectivity index (χ1v) is 11.5. The molecule has 33 heavy (non-hydrogen) atoms. The van der Waals surface area contributed by atoms with Gasteiger partial charge in [-0.1, -0.05) is 13.8 Å². The Hall–Kier alpha value is -2.73. The molecule has 0 bridgehead atoms. The topological polar surface area (TPSA) is 57.2 Å². The number of aldehydes is 1. The predicted molar refractivity (Wildman–Crippen MR) is 132 cm³/mol. The second-order valence-corrected chi connectivity index (χ2v) is 8.65. The zero-order chi connectivity index (χ0) is 24.4. The molecule has 6 heteroatoms. The van der Waals surface area contributed by atoms with Gasteiger partial charge in [0.05, 0.1) is 28.4 Å².